The molecule has 0 saturated heterocycles. The van der Waals surface area contributed by atoms with Crippen LogP contribution in [0.5, 0.6) is 0 Å². The van der Waals surface area contributed by atoms with E-state index in [1.807, 2.05) is 0 Å². The highest BCUT2D eigenvalue weighted by Crippen LogP contribution is 2.31. The highest BCUT2D eigenvalue weighted by Gasteiger charge is 2.21. The molecule has 0 radical (unpaired) electrons. The van der Waals surface area contributed by atoms with Crippen molar-refractivity contribution in [3.05, 3.63) is 29.6 Å². The molecular weight excluding hydrogens is 240 g/mol. The number of nitrogens with one attached hydrogen (secondary N) is 1. The third-order valence-corrected chi connectivity index (χ3v) is 3.02. The third-order valence-electron chi connectivity index (χ3n) is 3.02. The van der Waals surface area contributed by atoms with Gasteiger partial charge in [-0.1, -0.05) is 24.7 Å². The van der Waals surface area contributed by atoms with Gasteiger partial charge in [-0.25, -0.2) is 4.98 Å². The summed E-state index contributed by atoms with van der Waals surface area (Å²) in [5, 5.41) is 11.6. The molecule has 1 aliphatic rings. The molecule has 1 fully saturated rings. The molecule has 0 spiro atoms. The topological polar surface area (TPSA) is 62.2 Å². The van der Waals surface area contributed by atoms with Crippen LogP contribution < -0.4 is 5.32 Å². The van der Waals surface area contributed by atoms with Crippen LogP contribution in [0, 0.1) is 17.8 Å². The van der Waals surface area contributed by atoms with Crippen molar-refractivity contribution >= 4 is 5.91 Å². The first-order valence-corrected chi connectivity index (χ1v) is 6.64. The second kappa shape index (κ2) is 6.91. The zero-order valence-electron chi connectivity index (χ0n) is 10.9. The van der Waals surface area contributed by atoms with Gasteiger partial charge in [0.05, 0.1) is 12.2 Å². The molecule has 1 aliphatic carbocycles. The van der Waals surface area contributed by atoms with Gasteiger partial charge in [-0.2, -0.15) is 0 Å². The van der Waals surface area contributed by atoms with Crippen LogP contribution in [0.3, 0.4) is 0 Å². The van der Waals surface area contributed by atoms with Gasteiger partial charge in [0.25, 0.3) is 5.91 Å². The van der Waals surface area contributed by atoms with Crippen LogP contribution in [-0.2, 0) is 0 Å². The van der Waals surface area contributed by atoms with Crippen molar-refractivity contribution in [2.45, 2.75) is 25.7 Å². The minimum absolute atomic E-state index is 0.0240. The van der Waals surface area contributed by atoms with Crippen molar-refractivity contribution in [3.63, 3.8) is 0 Å². The Morgan fingerprint density at radius 1 is 1.53 bits per heavy atom. The van der Waals surface area contributed by atoms with Crippen LogP contribution in [0.1, 0.15) is 41.7 Å². The van der Waals surface area contributed by atoms with Crippen LogP contribution in [0.4, 0.5) is 0 Å². The maximum atomic E-state index is 12.0. The SMILES string of the molecule is O=C(NCCC1CC1)c1ncccc1C#CCCO. The molecule has 1 heterocycles. The second-order valence-electron chi connectivity index (χ2n) is 4.66. The predicted molar refractivity (Wildman–Crippen MR) is 72.5 cm³/mol. The maximum Gasteiger partial charge on any atom is 0.271 e. The summed E-state index contributed by atoms with van der Waals surface area (Å²) in [4.78, 5) is 16.1. The normalized spacial score (nSPS) is 13.5. The molecule has 1 saturated carbocycles. The van der Waals surface area contributed by atoms with Gasteiger partial charge < -0.3 is 10.4 Å². The third kappa shape index (κ3) is 4.38. The van der Waals surface area contributed by atoms with Crippen molar-refractivity contribution in [2.24, 2.45) is 5.92 Å². The predicted octanol–water partition coefficient (Wildman–Crippen LogP) is 1.35. The van der Waals surface area contributed by atoms with Crippen molar-refractivity contribution in [3.8, 4) is 11.8 Å². The molecule has 1 aromatic heterocycles. The molecule has 0 bridgehead atoms. The standard InChI is InChI=1S/C15H18N2O2/c18-11-2-1-4-13-5-3-9-16-14(13)15(19)17-10-8-12-6-7-12/h3,5,9,12,18H,2,6-8,10-11H2,(H,17,19). The molecular formula is C15H18N2O2. The number of amides is 1. The van der Waals surface area contributed by atoms with E-state index < -0.39 is 0 Å². The summed E-state index contributed by atoms with van der Waals surface area (Å²) in [6, 6.07) is 3.52. The molecule has 1 aromatic rings. The highest BCUT2D eigenvalue weighted by molar-refractivity contribution is 5.94. The monoisotopic (exact) mass is 258 g/mol. The number of nitrogens with zero attached hydrogens (tertiary/aromatic N) is 1. The second-order valence-corrected chi connectivity index (χ2v) is 4.66. The first-order chi connectivity index (χ1) is 9.31. The highest BCUT2D eigenvalue weighted by atomic mass is 16.2. The summed E-state index contributed by atoms with van der Waals surface area (Å²) < 4.78 is 0. The molecule has 100 valence electrons. The van der Waals surface area contributed by atoms with E-state index in [4.69, 9.17) is 5.11 Å². The molecule has 0 aromatic carbocycles. The van der Waals surface area contributed by atoms with Crippen LogP contribution in [-0.4, -0.2) is 29.1 Å². The number of carbonyl (C=O) groups excluding carboxylic acids is 1. The number of carbonyl (C=O) groups is 1. The van der Waals surface area contributed by atoms with Crippen molar-refractivity contribution in [1.82, 2.24) is 10.3 Å². The van der Waals surface area contributed by atoms with Crippen molar-refractivity contribution < 1.29 is 9.90 Å². The summed E-state index contributed by atoms with van der Waals surface area (Å²) in [5.74, 6) is 6.31. The number of aromatic nitrogens is 1. The van der Waals surface area contributed by atoms with E-state index in [0.29, 0.717) is 24.2 Å². The molecule has 2 rings (SSSR count). The number of rotatable bonds is 5. The summed E-state index contributed by atoms with van der Waals surface area (Å²) in [5.41, 5.74) is 0.976. The average Bonchev–Trinajstić information content (AvgIpc) is 3.24. The molecule has 0 aliphatic heterocycles. The quantitative estimate of drug-likeness (QED) is 0.784. The van der Waals surface area contributed by atoms with Gasteiger partial charge >= 0.3 is 0 Å². The number of aliphatic hydroxyl groups is 1. The van der Waals surface area contributed by atoms with E-state index in [2.05, 4.69) is 22.1 Å². The molecule has 0 atom stereocenters. The minimum atomic E-state index is -0.172. The summed E-state index contributed by atoms with van der Waals surface area (Å²) in [6.07, 6.45) is 5.61. The van der Waals surface area contributed by atoms with Gasteiger partial charge in [0.1, 0.15) is 5.69 Å². The zero-order valence-corrected chi connectivity index (χ0v) is 10.9. The van der Waals surface area contributed by atoms with Crippen LogP contribution in [0.25, 0.3) is 0 Å². The molecule has 19 heavy (non-hydrogen) atoms. The fourth-order valence-corrected chi connectivity index (χ4v) is 1.78. The fraction of sp³-hybridized carbons (Fsp3) is 0.467. The molecule has 2 N–H and O–H groups in total. The molecule has 4 heteroatoms. The van der Waals surface area contributed by atoms with Crippen LogP contribution in [0.15, 0.2) is 18.3 Å². The number of aliphatic hydroxyl groups excluding tert-OH is 1. The van der Waals surface area contributed by atoms with Gasteiger partial charge in [-0.3, -0.25) is 4.79 Å². The van der Waals surface area contributed by atoms with E-state index in [0.717, 1.165) is 12.3 Å². The Hall–Kier alpha value is -1.86. The Morgan fingerprint density at radius 3 is 3.11 bits per heavy atom. The van der Waals surface area contributed by atoms with E-state index in [1.165, 1.54) is 12.8 Å². The van der Waals surface area contributed by atoms with Crippen molar-refractivity contribution in [2.75, 3.05) is 13.2 Å². The maximum absolute atomic E-state index is 12.0. The first-order valence-electron chi connectivity index (χ1n) is 6.64. The Morgan fingerprint density at radius 2 is 2.37 bits per heavy atom. The van der Waals surface area contributed by atoms with E-state index >= 15 is 0 Å². The van der Waals surface area contributed by atoms with Crippen LogP contribution in [0.2, 0.25) is 0 Å². The summed E-state index contributed by atoms with van der Waals surface area (Å²) >= 11 is 0. The smallest absolute Gasteiger partial charge is 0.271 e. The Kier molecular flexibility index (Phi) is 4.93. The molecule has 4 nitrogen and oxygen atoms in total. The molecule has 0 unspecified atom stereocenters. The van der Waals surface area contributed by atoms with Crippen molar-refractivity contribution in [1.29, 1.82) is 0 Å². The Labute approximate surface area is 113 Å². The minimum Gasteiger partial charge on any atom is -0.395 e. The van der Waals surface area contributed by atoms with Gasteiger partial charge in [-0.05, 0) is 24.5 Å². The van der Waals surface area contributed by atoms with Crippen LogP contribution >= 0.6 is 0 Å². The van der Waals surface area contributed by atoms with E-state index in [1.54, 1.807) is 18.3 Å². The summed E-state index contributed by atoms with van der Waals surface area (Å²) in [7, 11) is 0. The average molecular weight is 258 g/mol. The Balaban J connectivity index is 1.97. The Bertz CT molecular complexity index is 498. The number of pyridine rings is 1. The number of hydrogen-bond donors (Lipinski definition) is 2. The summed E-state index contributed by atoms with van der Waals surface area (Å²) in [6.45, 7) is 0.722. The van der Waals surface area contributed by atoms with Gasteiger partial charge in [0.2, 0.25) is 0 Å². The lowest BCUT2D eigenvalue weighted by molar-refractivity contribution is 0.0947. The largest absolute Gasteiger partial charge is 0.395 e. The first kappa shape index (κ1) is 13.6. The lowest BCUT2D eigenvalue weighted by Crippen LogP contribution is -2.26. The van der Waals surface area contributed by atoms with Gasteiger partial charge in [0, 0.05) is 19.2 Å². The fourth-order valence-electron chi connectivity index (χ4n) is 1.78. The van der Waals surface area contributed by atoms with Gasteiger partial charge in [0.15, 0.2) is 0 Å². The van der Waals surface area contributed by atoms with Gasteiger partial charge in [-0.15, -0.1) is 0 Å². The molecule has 1 amide bonds. The van der Waals surface area contributed by atoms with E-state index in [-0.39, 0.29) is 12.5 Å². The number of hydrogen-bond acceptors (Lipinski definition) is 3. The lowest BCUT2D eigenvalue weighted by atomic mass is 10.1. The zero-order chi connectivity index (χ0) is 13.5. The lowest BCUT2D eigenvalue weighted by Gasteiger charge is -2.05. The van der Waals surface area contributed by atoms with E-state index in [9.17, 15) is 4.79 Å².